The fourth-order valence-corrected chi connectivity index (χ4v) is 1.94. The SMILES string of the molecule is CCCCNC(=O)C(O)[C@H](Cc1ccccc1)NC(=O)O. The maximum absolute atomic E-state index is 11.8. The van der Waals surface area contributed by atoms with Gasteiger partial charge in [0.25, 0.3) is 5.91 Å². The number of carbonyl (C=O) groups is 2. The second kappa shape index (κ2) is 8.97. The molecule has 4 N–H and O–H groups in total. The summed E-state index contributed by atoms with van der Waals surface area (Å²) in [7, 11) is 0. The smallest absolute Gasteiger partial charge is 0.404 e. The predicted octanol–water partition coefficient (Wildman–Crippen LogP) is 1.14. The second-order valence-corrected chi connectivity index (χ2v) is 4.84. The van der Waals surface area contributed by atoms with Gasteiger partial charge in [-0.25, -0.2) is 4.79 Å². The van der Waals surface area contributed by atoms with Crippen LogP contribution >= 0.6 is 0 Å². The summed E-state index contributed by atoms with van der Waals surface area (Å²) in [5.41, 5.74) is 0.844. The average Bonchev–Trinajstić information content (AvgIpc) is 2.46. The highest BCUT2D eigenvalue weighted by Gasteiger charge is 2.27. The molecule has 0 saturated heterocycles. The van der Waals surface area contributed by atoms with Crippen LogP contribution in [0.1, 0.15) is 25.3 Å². The Bertz CT molecular complexity index is 450. The van der Waals surface area contributed by atoms with Crippen LogP contribution in [-0.2, 0) is 11.2 Å². The van der Waals surface area contributed by atoms with Crippen LogP contribution in [-0.4, -0.2) is 40.9 Å². The zero-order chi connectivity index (χ0) is 15.7. The van der Waals surface area contributed by atoms with Gasteiger partial charge in [-0.2, -0.15) is 0 Å². The van der Waals surface area contributed by atoms with E-state index < -0.39 is 24.1 Å². The van der Waals surface area contributed by atoms with E-state index >= 15 is 0 Å². The van der Waals surface area contributed by atoms with E-state index in [-0.39, 0.29) is 6.42 Å². The van der Waals surface area contributed by atoms with Crippen LogP contribution in [0.3, 0.4) is 0 Å². The van der Waals surface area contributed by atoms with Crippen LogP contribution in [0.25, 0.3) is 0 Å². The fraction of sp³-hybridized carbons (Fsp3) is 0.467. The minimum atomic E-state index is -1.42. The average molecular weight is 294 g/mol. The maximum Gasteiger partial charge on any atom is 0.404 e. The van der Waals surface area contributed by atoms with Gasteiger partial charge in [0.2, 0.25) is 0 Å². The van der Waals surface area contributed by atoms with Gasteiger partial charge in [-0.15, -0.1) is 0 Å². The van der Waals surface area contributed by atoms with Crippen molar-refractivity contribution in [3.05, 3.63) is 35.9 Å². The zero-order valence-corrected chi connectivity index (χ0v) is 12.1. The lowest BCUT2D eigenvalue weighted by molar-refractivity contribution is -0.130. The van der Waals surface area contributed by atoms with Crippen molar-refractivity contribution in [2.45, 2.75) is 38.3 Å². The number of amides is 2. The molecule has 1 rings (SSSR count). The standard InChI is InChI=1S/C15H22N2O4/c1-2-3-9-16-14(19)13(18)12(17-15(20)21)10-11-7-5-4-6-8-11/h4-8,12-13,17-18H,2-3,9-10H2,1H3,(H,16,19)(H,20,21)/t12-,13?/m0/s1. The molecular weight excluding hydrogens is 272 g/mol. The van der Waals surface area contributed by atoms with Crippen molar-refractivity contribution in [1.29, 1.82) is 0 Å². The molecule has 1 aromatic carbocycles. The number of rotatable bonds is 8. The summed E-state index contributed by atoms with van der Waals surface area (Å²) in [5.74, 6) is -0.557. The molecule has 0 bridgehead atoms. The van der Waals surface area contributed by atoms with Crippen LogP contribution in [0.4, 0.5) is 4.79 Å². The molecule has 0 saturated carbocycles. The monoisotopic (exact) mass is 294 g/mol. The van der Waals surface area contributed by atoms with Crippen molar-refractivity contribution in [2.75, 3.05) is 6.54 Å². The quantitative estimate of drug-likeness (QED) is 0.540. The van der Waals surface area contributed by atoms with Crippen molar-refractivity contribution >= 4 is 12.0 Å². The number of hydrogen-bond acceptors (Lipinski definition) is 3. The second-order valence-electron chi connectivity index (χ2n) is 4.84. The van der Waals surface area contributed by atoms with Gasteiger partial charge in [-0.3, -0.25) is 4.79 Å². The van der Waals surface area contributed by atoms with E-state index in [1.807, 2.05) is 37.3 Å². The first-order valence-corrected chi connectivity index (χ1v) is 7.03. The van der Waals surface area contributed by atoms with Gasteiger partial charge >= 0.3 is 6.09 Å². The van der Waals surface area contributed by atoms with E-state index in [0.717, 1.165) is 18.4 Å². The Labute approximate surface area is 124 Å². The molecule has 0 aliphatic rings. The van der Waals surface area contributed by atoms with Gasteiger partial charge < -0.3 is 20.8 Å². The third-order valence-electron chi connectivity index (χ3n) is 3.09. The third-order valence-corrected chi connectivity index (χ3v) is 3.09. The molecule has 6 nitrogen and oxygen atoms in total. The Morgan fingerprint density at radius 3 is 2.48 bits per heavy atom. The maximum atomic E-state index is 11.8. The lowest BCUT2D eigenvalue weighted by Gasteiger charge is -2.22. The molecule has 0 aliphatic carbocycles. The first kappa shape index (κ1) is 17.0. The summed E-state index contributed by atoms with van der Waals surface area (Å²) in [6.45, 7) is 2.46. The van der Waals surface area contributed by atoms with Crippen LogP contribution in [0.2, 0.25) is 0 Å². The summed E-state index contributed by atoms with van der Waals surface area (Å²) in [5, 5.41) is 23.7. The molecular formula is C15H22N2O4. The number of carbonyl (C=O) groups excluding carboxylic acids is 1. The summed E-state index contributed by atoms with van der Waals surface area (Å²) in [4.78, 5) is 22.7. The number of aliphatic hydroxyl groups excluding tert-OH is 1. The van der Waals surface area contributed by atoms with E-state index in [1.54, 1.807) is 0 Å². The number of hydrogen-bond donors (Lipinski definition) is 4. The van der Waals surface area contributed by atoms with Crippen molar-refractivity contribution in [2.24, 2.45) is 0 Å². The van der Waals surface area contributed by atoms with Crippen molar-refractivity contribution in [3.8, 4) is 0 Å². The minimum absolute atomic E-state index is 0.246. The summed E-state index contributed by atoms with van der Waals surface area (Å²) < 4.78 is 0. The van der Waals surface area contributed by atoms with E-state index in [9.17, 15) is 14.7 Å². The number of benzene rings is 1. The van der Waals surface area contributed by atoms with Gasteiger partial charge in [-0.1, -0.05) is 43.7 Å². The van der Waals surface area contributed by atoms with E-state index in [0.29, 0.717) is 6.54 Å². The van der Waals surface area contributed by atoms with Crippen LogP contribution in [0.5, 0.6) is 0 Å². The normalized spacial score (nSPS) is 13.2. The Hall–Kier alpha value is -2.08. The molecule has 0 heterocycles. The number of unbranched alkanes of at least 4 members (excludes halogenated alkanes) is 1. The van der Waals surface area contributed by atoms with E-state index in [2.05, 4.69) is 10.6 Å². The molecule has 116 valence electrons. The van der Waals surface area contributed by atoms with Crippen LogP contribution in [0, 0.1) is 0 Å². The highest BCUT2D eigenvalue weighted by Crippen LogP contribution is 2.07. The lowest BCUT2D eigenvalue weighted by atomic mass is 10.0. The Morgan fingerprint density at radius 1 is 1.24 bits per heavy atom. The highest BCUT2D eigenvalue weighted by atomic mass is 16.4. The topological polar surface area (TPSA) is 98.7 Å². The molecule has 2 amide bonds. The van der Waals surface area contributed by atoms with Gasteiger partial charge in [0.05, 0.1) is 6.04 Å². The molecule has 1 aromatic rings. The molecule has 0 spiro atoms. The molecule has 6 heteroatoms. The number of carboxylic acid groups (broad SMARTS) is 1. The molecule has 0 radical (unpaired) electrons. The molecule has 0 aromatic heterocycles. The summed E-state index contributed by atoms with van der Waals surface area (Å²) >= 11 is 0. The third kappa shape index (κ3) is 6.27. The predicted molar refractivity (Wildman–Crippen MR) is 79.0 cm³/mol. The largest absolute Gasteiger partial charge is 0.465 e. The van der Waals surface area contributed by atoms with Gasteiger partial charge in [0, 0.05) is 6.54 Å². The van der Waals surface area contributed by atoms with Crippen LogP contribution in [0.15, 0.2) is 30.3 Å². The Kier molecular flexibility index (Phi) is 7.25. The minimum Gasteiger partial charge on any atom is -0.465 e. The number of aliphatic hydroxyl groups is 1. The molecule has 0 aliphatic heterocycles. The van der Waals surface area contributed by atoms with Crippen LogP contribution < -0.4 is 10.6 Å². The molecule has 1 unspecified atom stereocenters. The van der Waals surface area contributed by atoms with E-state index in [1.165, 1.54) is 0 Å². The van der Waals surface area contributed by atoms with Gasteiger partial charge in [-0.05, 0) is 18.4 Å². The van der Waals surface area contributed by atoms with Crippen molar-refractivity contribution in [3.63, 3.8) is 0 Å². The molecule has 21 heavy (non-hydrogen) atoms. The van der Waals surface area contributed by atoms with Gasteiger partial charge in [0.15, 0.2) is 6.10 Å². The first-order chi connectivity index (χ1) is 10.0. The molecule has 2 atom stereocenters. The fourth-order valence-electron chi connectivity index (χ4n) is 1.94. The summed E-state index contributed by atoms with van der Waals surface area (Å²) in [6, 6.07) is 8.24. The Balaban J connectivity index is 2.67. The Morgan fingerprint density at radius 2 is 1.90 bits per heavy atom. The van der Waals surface area contributed by atoms with E-state index in [4.69, 9.17) is 5.11 Å². The first-order valence-electron chi connectivity index (χ1n) is 7.03. The lowest BCUT2D eigenvalue weighted by Crippen LogP contribution is -2.51. The van der Waals surface area contributed by atoms with Crippen molar-refractivity contribution < 1.29 is 19.8 Å². The summed E-state index contributed by atoms with van der Waals surface area (Å²) in [6.07, 6.45) is -0.699. The zero-order valence-electron chi connectivity index (χ0n) is 12.1. The van der Waals surface area contributed by atoms with Gasteiger partial charge in [0.1, 0.15) is 0 Å². The molecule has 0 fully saturated rings. The highest BCUT2D eigenvalue weighted by molar-refractivity contribution is 5.82. The van der Waals surface area contributed by atoms with Crippen molar-refractivity contribution in [1.82, 2.24) is 10.6 Å². The number of nitrogens with one attached hydrogen (secondary N) is 2.